The number of benzene rings is 1. The number of nitrogens with zero attached hydrogens (tertiary/aromatic N) is 2. The third-order valence-corrected chi connectivity index (χ3v) is 3.57. The summed E-state index contributed by atoms with van der Waals surface area (Å²) in [6, 6.07) is 3.77. The molecule has 1 aliphatic rings. The molecular formula is C14H21N3O2. The Labute approximate surface area is 113 Å². The highest BCUT2D eigenvalue weighted by Crippen LogP contribution is 2.35. The molecule has 1 aromatic rings. The second-order valence-corrected chi connectivity index (χ2v) is 4.85. The fraction of sp³-hybridized carbons (Fsp3) is 0.500. The van der Waals surface area contributed by atoms with E-state index in [4.69, 9.17) is 10.5 Å². The van der Waals surface area contributed by atoms with Crippen LogP contribution in [0.5, 0.6) is 5.75 Å². The third kappa shape index (κ3) is 2.66. The summed E-state index contributed by atoms with van der Waals surface area (Å²) in [7, 11) is 3.55. The highest BCUT2D eigenvalue weighted by molar-refractivity contribution is 5.97. The summed E-state index contributed by atoms with van der Waals surface area (Å²) in [5, 5.41) is 0. The van der Waals surface area contributed by atoms with Crippen LogP contribution >= 0.6 is 0 Å². The minimum atomic E-state index is 0.118. The Kier molecular flexibility index (Phi) is 3.95. The van der Waals surface area contributed by atoms with Gasteiger partial charge in [-0.25, -0.2) is 0 Å². The maximum absolute atomic E-state index is 12.3. The molecule has 2 rings (SSSR count). The molecule has 0 unspecified atom stereocenters. The van der Waals surface area contributed by atoms with Gasteiger partial charge in [-0.15, -0.1) is 0 Å². The van der Waals surface area contributed by atoms with Crippen molar-refractivity contribution >= 4 is 17.3 Å². The largest absolute Gasteiger partial charge is 0.495 e. The Bertz CT molecular complexity index is 488. The predicted molar refractivity (Wildman–Crippen MR) is 76.6 cm³/mol. The Balaban J connectivity index is 2.22. The molecule has 5 heteroatoms. The zero-order valence-corrected chi connectivity index (χ0v) is 11.8. The van der Waals surface area contributed by atoms with Gasteiger partial charge < -0.3 is 15.4 Å². The summed E-state index contributed by atoms with van der Waals surface area (Å²) >= 11 is 0. The van der Waals surface area contributed by atoms with E-state index in [0.29, 0.717) is 18.0 Å². The van der Waals surface area contributed by atoms with Crippen LogP contribution in [-0.4, -0.2) is 44.6 Å². The molecule has 0 saturated heterocycles. The van der Waals surface area contributed by atoms with Gasteiger partial charge in [0.15, 0.2) is 0 Å². The van der Waals surface area contributed by atoms with Gasteiger partial charge in [0, 0.05) is 12.2 Å². The van der Waals surface area contributed by atoms with Crippen molar-refractivity contribution in [1.29, 1.82) is 0 Å². The van der Waals surface area contributed by atoms with Crippen LogP contribution in [0, 0.1) is 0 Å². The number of nitrogen functional groups attached to an aromatic ring is 1. The lowest BCUT2D eigenvalue weighted by atomic mass is 10.1. The number of hydrogen-bond acceptors (Lipinski definition) is 4. The number of methoxy groups -OCH3 is 1. The van der Waals surface area contributed by atoms with Crippen LogP contribution in [0.3, 0.4) is 0 Å². The van der Waals surface area contributed by atoms with Gasteiger partial charge in [-0.05, 0) is 37.7 Å². The second kappa shape index (κ2) is 5.48. The van der Waals surface area contributed by atoms with E-state index in [1.165, 1.54) is 0 Å². The number of anilines is 2. The van der Waals surface area contributed by atoms with Crippen molar-refractivity contribution < 1.29 is 9.53 Å². The lowest BCUT2D eigenvalue weighted by Gasteiger charge is -2.21. The normalized spacial score (nSPS) is 13.8. The quantitative estimate of drug-likeness (QED) is 0.827. The lowest BCUT2D eigenvalue weighted by Crippen LogP contribution is -2.38. The molecule has 0 saturated carbocycles. The molecule has 0 radical (unpaired) electrons. The number of likely N-dealkylation sites (N-methyl/N-ethyl adjacent to an activating group) is 1. The molecule has 0 bridgehead atoms. The number of rotatable bonds is 4. The van der Waals surface area contributed by atoms with Gasteiger partial charge in [0.2, 0.25) is 5.91 Å². The van der Waals surface area contributed by atoms with Gasteiger partial charge in [0.05, 0.1) is 19.3 Å². The molecule has 0 aliphatic carbocycles. The molecule has 1 aromatic carbocycles. The van der Waals surface area contributed by atoms with Crippen molar-refractivity contribution in [2.24, 2.45) is 0 Å². The van der Waals surface area contributed by atoms with Crippen molar-refractivity contribution in [3.05, 3.63) is 17.7 Å². The summed E-state index contributed by atoms with van der Waals surface area (Å²) in [4.78, 5) is 16.1. The van der Waals surface area contributed by atoms with Gasteiger partial charge in [-0.3, -0.25) is 9.69 Å². The zero-order valence-electron chi connectivity index (χ0n) is 11.8. The smallest absolute Gasteiger partial charge is 0.241 e. The molecule has 0 atom stereocenters. The molecule has 1 amide bonds. The van der Waals surface area contributed by atoms with Crippen molar-refractivity contribution in [1.82, 2.24) is 4.90 Å². The van der Waals surface area contributed by atoms with Gasteiger partial charge in [0.25, 0.3) is 0 Å². The molecule has 1 aliphatic heterocycles. The molecule has 19 heavy (non-hydrogen) atoms. The van der Waals surface area contributed by atoms with Crippen LogP contribution in [0.25, 0.3) is 0 Å². The summed E-state index contributed by atoms with van der Waals surface area (Å²) in [6.07, 6.45) is 0.855. The fourth-order valence-corrected chi connectivity index (χ4v) is 2.29. The van der Waals surface area contributed by atoms with E-state index in [1.807, 2.05) is 35.9 Å². The fourth-order valence-electron chi connectivity index (χ4n) is 2.29. The highest BCUT2D eigenvalue weighted by Gasteiger charge is 2.26. The molecule has 0 fully saturated rings. The molecule has 5 nitrogen and oxygen atoms in total. The van der Waals surface area contributed by atoms with Crippen LogP contribution in [0.15, 0.2) is 12.1 Å². The van der Waals surface area contributed by atoms with Crippen molar-refractivity contribution in [2.45, 2.75) is 13.3 Å². The zero-order chi connectivity index (χ0) is 14.0. The van der Waals surface area contributed by atoms with E-state index in [9.17, 15) is 4.79 Å². The average molecular weight is 263 g/mol. The minimum absolute atomic E-state index is 0.118. The molecule has 104 valence electrons. The van der Waals surface area contributed by atoms with Crippen LogP contribution in [0.1, 0.15) is 12.5 Å². The maximum atomic E-state index is 12.3. The highest BCUT2D eigenvalue weighted by atomic mass is 16.5. The van der Waals surface area contributed by atoms with Gasteiger partial charge in [-0.1, -0.05) is 6.92 Å². The summed E-state index contributed by atoms with van der Waals surface area (Å²) in [5.41, 5.74) is 8.54. The van der Waals surface area contributed by atoms with Crippen molar-refractivity contribution in [3.8, 4) is 5.75 Å². The van der Waals surface area contributed by atoms with Gasteiger partial charge in [0.1, 0.15) is 5.75 Å². The topological polar surface area (TPSA) is 58.8 Å². The first-order valence-electron chi connectivity index (χ1n) is 6.52. The molecular weight excluding hydrogens is 242 g/mol. The molecule has 0 aromatic heterocycles. The van der Waals surface area contributed by atoms with E-state index >= 15 is 0 Å². The average Bonchev–Trinajstić information content (AvgIpc) is 2.80. The monoisotopic (exact) mass is 263 g/mol. The van der Waals surface area contributed by atoms with Crippen LogP contribution in [0.2, 0.25) is 0 Å². The van der Waals surface area contributed by atoms with Crippen molar-refractivity contribution in [3.63, 3.8) is 0 Å². The van der Waals surface area contributed by atoms with E-state index in [1.54, 1.807) is 7.11 Å². The Morgan fingerprint density at radius 1 is 1.53 bits per heavy atom. The first kappa shape index (κ1) is 13.7. The predicted octanol–water partition coefficient (Wildman–Crippen LogP) is 1.12. The first-order valence-corrected chi connectivity index (χ1v) is 6.52. The Hall–Kier alpha value is -1.75. The van der Waals surface area contributed by atoms with Crippen molar-refractivity contribution in [2.75, 3.05) is 44.4 Å². The number of hydrogen-bond donors (Lipinski definition) is 1. The van der Waals surface area contributed by atoms with E-state index in [-0.39, 0.29) is 5.91 Å². The van der Waals surface area contributed by atoms with E-state index in [0.717, 1.165) is 30.8 Å². The number of ether oxygens (including phenoxy) is 1. The number of carbonyl (C=O) groups is 1. The Morgan fingerprint density at radius 3 is 2.89 bits per heavy atom. The molecule has 2 N–H and O–H groups in total. The summed E-state index contributed by atoms with van der Waals surface area (Å²) < 4.78 is 5.21. The van der Waals surface area contributed by atoms with Crippen LogP contribution in [-0.2, 0) is 11.2 Å². The van der Waals surface area contributed by atoms with Gasteiger partial charge in [-0.2, -0.15) is 0 Å². The van der Waals surface area contributed by atoms with E-state index in [2.05, 4.69) is 0 Å². The van der Waals surface area contributed by atoms with E-state index < -0.39 is 0 Å². The van der Waals surface area contributed by atoms with Crippen LogP contribution < -0.4 is 15.4 Å². The summed E-state index contributed by atoms with van der Waals surface area (Å²) in [6.45, 7) is 4.05. The molecule has 0 spiro atoms. The van der Waals surface area contributed by atoms with Gasteiger partial charge >= 0.3 is 0 Å². The first-order chi connectivity index (χ1) is 9.06. The lowest BCUT2D eigenvalue weighted by molar-refractivity contribution is -0.119. The second-order valence-electron chi connectivity index (χ2n) is 4.85. The minimum Gasteiger partial charge on any atom is -0.495 e. The Morgan fingerprint density at radius 2 is 2.26 bits per heavy atom. The molecule has 1 heterocycles. The van der Waals surface area contributed by atoms with Crippen LogP contribution in [0.4, 0.5) is 11.4 Å². The summed E-state index contributed by atoms with van der Waals surface area (Å²) in [5.74, 6) is 0.798. The standard InChI is InChI=1S/C14H21N3O2/c1-4-16(2)9-14(18)17-6-5-10-7-13(19-3)11(15)8-12(10)17/h7-8H,4-6,9,15H2,1-3H3. The maximum Gasteiger partial charge on any atom is 0.241 e. The number of fused-ring (bicyclic) bond motifs is 1. The number of amides is 1. The third-order valence-electron chi connectivity index (χ3n) is 3.57. The number of nitrogens with two attached hydrogens (primary N) is 1. The SMILES string of the molecule is CCN(C)CC(=O)N1CCc2cc(OC)c(N)cc21. The number of carbonyl (C=O) groups excluding carboxylic acids is 1.